The molecule has 0 unspecified atom stereocenters. The van der Waals surface area contributed by atoms with Crippen molar-refractivity contribution < 1.29 is 19.8 Å². The molecule has 0 bridgehead atoms. The summed E-state index contributed by atoms with van der Waals surface area (Å²) in [7, 11) is 0. The van der Waals surface area contributed by atoms with Crippen LogP contribution in [0, 0.1) is 6.92 Å². The lowest BCUT2D eigenvalue weighted by atomic mass is 10.0. The van der Waals surface area contributed by atoms with E-state index in [1.807, 2.05) is 0 Å². The predicted molar refractivity (Wildman–Crippen MR) is 50.1 cm³/mol. The fourth-order valence-corrected chi connectivity index (χ4v) is 1.20. The zero-order valence-corrected chi connectivity index (χ0v) is 8.00. The molecule has 0 atom stereocenters. The van der Waals surface area contributed by atoms with Gasteiger partial charge in [-0.1, -0.05) is 11.6 Å². The molecule has 0 fully saturated rings. The first-order valence-electron chi connectivity index (χ1n) is 3.70. The molecular weight excluding hydrogens is 208 g/mol. The monoisotopic (exact) mass is 214 g/mol. The number of carboxylic acid groups (broad SMARTS) is 2. The second-order valence-corrected chi connectivity index (χ2v) is 3.16. The smallest absolute Gasteiger partial charge is 0.336 e. The van der Waals surface area contributed by atoms with E-state index in [1.165, 1.54) is 6.07 Å². The van der Waals surface area contributed by atoms with Gasteiger partial charge in [0.25, 0.3) is 0 Å². The van der Waals surface area contributed by atoms with Crippen LogP contribution in [0.1, 0.15) is 26.3 Å². The molecule has 74 valence electrons. The molecule has 1 aromatic rings. The minimum atomic E-state index is -1.30. The minimum Gasteiger partial charge on any atom is -0.478 e. The summed E-state index contributed by atoms with van der Waals surface area (Å²) in [6, 6.07) is 2.39. The number of carbonyl (C=O) groups is 2. The van der Waals surface area contributed by atoms with E-state index in [4.69, 9.17) is 21.8 Å². The van der Waals surface area contributed by atoms with Gasteiger partial charge in [0, 0.05) is 5.02 Å². The van der Waals surface area contributed by atoms with Gasteiger partial charge in [-0.3, -0.25) is 0 Å². The molecular formula is C9H7ClO4. The molecule has 0 aliphatic rings. The quantitative estimate of drug-likeness (QED) is 0.790. The summed E-state index contributed by atoms with van der Waals surface area (Å²) >= 11 is 5.68. The number of carboxylic acids is 2. The molecule has 5 heteroatoms. The van der Waals surface area contributed by atoms with Crippen molar-refractivity contribution in [1.82, 2.24) is 0 Å². The molecule has 0 amide bonds. The first-order valence-corrected chi connectivity index (χ1v) is 4.08. The number of halogens is 1. The number of aromatic carboxylic acids is 2. The molecule has 0 radical (unpaired) electrons. The third-order valence-electron chi connectivity index (χ3n) is 1.76. The minimum absolute atomic E-state index is 0.243. The average molecular weight is 215 g/mol. The Labute approximate surface area is 84.7 Å². The van der Waals surface area contributed by atoms with Gasteiger partial charge < -0.3 is 10.2 Å². The number of aryl methyl sites for hydroxylation is 1. The van der Waals surface area contributed by atoms with E-state index < -0.39 is 11.9 Å². The second-order valence-electron chi connectivity index (χ2n) is 2.76. The normalized spacial score (nSPS) is 9.86. The fraction of sp³-hybridized carbons (Fsp3) is 0.111. The van der Waals surface area contributed by atoms with Crippen LogP contribution in [0.4, 0.5) is 0 Å². The molecule has 1 aromatic carbocycles. The molecule has 0 aliphatic heterocycles. The topological polar surface area (TPSA) is 74.6 Å². The van der Waals surface area contributed by atoms with Crippen LogP contribution in [-0.2, 0) is 0 Å². The predicted octanol–water partition coefficient (Wildman–Crippen LogP) is 2.04. The van der Waals surface area contributed by atoms with Gasteiger partial charge in [0.1, 0.15) is 0 Å². The highest BCUT2D eigenvalue weighted by molar-refractivity contribution is 6.32. The van der Waals surface area contributed by atoms with E-state index in [9.17, 15) is 9.59 Å². The van der Waals surface area contributed by atoms with Crippen molar-refractivity contribution in [2.24, 2.45) is 0 Å². The molecule has 1 rings (SSSR count). The van der Waals surface area contributed by atoms with Crippen LogP contribution in [0.15, 0.2) is 12.1 Å². The Morgan fingerprint density at radius 3 is 2.00 bits per heavy atom. The lowest BCUT2D eigenvalue weighted by Gasteiger charge is -2.04. The average Bonchev–Trinajstić information content (AvgIpc) is 2.08. The van der Waals surface area contributed by atoms with Gasteiger partial charge >= 0.3 is 11.9 Å². The third-order valence-corrected chi connectivity index (χ3v) is 2.17. The van der Waals surface area contributed by atoms with Crippen LogP contribution in [0.25, 0.3) is 0 Å². The maximum absolute atomic E-state index is 10.7. The maximum atomic E-state index is 10.7. The number of hydrogen-bond donors (Lipinski definition) is 2. The van der Waals surface area contributed by atoms with E-state index in [1.54, 1.807) is 6.92 Å². The van der Waals surface area contributed by atoms with Crippen LogP contribution >= 0.6 is 11.6 Å². The van der Waals surface area contributed by atoms with Crippen molar-refractivity contribution >= 4 is 23.5 Å². The van der Waals surface area contributed by atoms with Gasteiger partial charge in [0.15, 0.2) is 0 Å². The highest BCUT2D eigenvalue weighted by Gasteiger charge is 2.17. The van der Waals surface area contributed by atoms with Crippen LogP contribution in [0.5, 0.6) is 0 Å². The number of benzene rings is 1. The molecule has 0 aromatic heterocycles. The number of hydrogen-bond acceptors (Lipinski definition) is 2. The van der Waals surface area contributed by atoms with Crippen LogP contribution < -0.4 is 0 Å². The third kappa shape index (κ3) is 1.85. The summed E-state index contributed by atoms with van der Waals surface area (Å²) in [6.45, 7) is 1.61. The maximum Gasteiger partial charge on any atom is 0.336 e. The van der Waals surface area contributed by atoms with Crippen LogP contribution in [-0.4, -0.2) is 22.2 Å². The van der Waals surface area contributed by atoms with Crippen LogP contribution in [0.3, 0.4) is 0 Å². The fourth-order valence-electron chi connectivity index (χ4n) is 1.04. The van der Waals surface area contributed by atoms with Crippen molar-refractivity contribution in [3.63, 3.8) is 0 Å². The standard InChI is InChI=1S/C9H7ClO4/c1-4-2-5(8(11)12)6(9(13)14)3-7(4)10/h2-3H,1H3,(H,11,12)(H,13,14). The van der Waals surface area contributed by atoms with Gasteiger partial charge in [-0.15, -0.1) is 0 Å². The van der Waals surface area contributed by atoms with E-state index in [0.29, 0.717) is 5.56 Å². The zero-order chi connectivity index (χ0) is 10.9. The first kappa shape index (κ1) is 10.5. The lowest BCUT2D eigenvalue weighted by Crippen LogP contribution is -2.08. The molecule has 14 heavy (non-hydrogen) atoms. The van der Waals surface area contributed by atoms with Crippen molar-refractivity contribution in [3.05, 3.63) is 33.8 Å². The van der Waals surface area contributed by atoms with Crippen molar-refractivity contribution in [2.75, 3.05) is 0 Å². The van der Waals surface area contributed by atoms with Crippen molar-refractivity contribution in [2.45, 2.75) is 6.92 Å². The van der Waals surface area contributed by atoms with E-state index in [2.05, 4.69) is 0 Å². The molecule has 0 saturated carbocycles. The molecule has 4 nitrogen and oxygen atoms in total. The van der Waals surface area contributed by atoms with Gasteiger partial charge in [-0.05, 0) is 24.6 Å². The first-order chi connectivity index (χ1) is 6.43. The summed E-state index contributed by atoms with van der Waals surface area (Å²) in [6.07, 6.45) is 0. The van der Waals surface area contributed by atoms with E-state index in [-0.39, 0.29) is 16.1 Å². The lowest BCUT2D eigenvalue weighted by molar-refractivity contribution is 0.0651. The molecule has 2 N–H and O–H groups in total. The van der Waals surface area contributed by atoms with E-state index in [0.717, 1.165) is 6.07 Å². The summed E-state index contributed by atoms with van der Waals surface area (Å²) in [5, 5.41) is 17.7. The van der Waals surface area contributed by atoms with Gasteiger partial charge in [-0.2, -0.15) is 0 Å². The van der Waals surface area contributed by atoms with Gasteiger partial charge in [-0.25, -0.2) is 9.59 Å². The molecule has 0 heterocycles. The van der Waals surface area contributed by atoms with Gasteiger partial charge in [0.05, 0.1) is 11.1 Å². The summed E-state index contributed by atoms with van der Waals surface area (Å²) in [5.41, 5.74) is -0.0124. The highest BCUT2D eigenvalue weighted by Crippen LogP contribution is 2.21. The Morgan fingerprint density at radius 1 is 1.14 bits per heavy atom. The highest BCUT2D eigenvalue weighted by atomic mass is 35.5. The van der Waals surface area contributed by atoms with Crippen molar-refractivity contribution in [1.29, 1.82) is 0 Å². The Kier molecular flexibility index (Phi) is 2.76. The Morgan fingerprint density at radius 2 is 1.57 bits per heavy atom. The largest absolute Gasteiger partial charge is 0.478 e. The van der Waals surface area contributed by atoms with E-state index >= 15 is 0 Å². The SMILES string of the molecule is Cc1cc(C(=O)O)c(C(=O)O)cc1Cl. The summed E-state index contributed by atoms with van der Waals surface area (Å²) in [5.74, 6) is -2.58. The summed E-state index contributed by atoms with van der Waals surface area (Å²) in [4.78, 5) is 21.4. The van der Waals surface area contributed by atoms with Crippen molar-refractivity contribution in [3.8, 4) is 0 Å². The second kappa shape index (κ2) is 3.67. The van der Waals surface area contributed by atoms with Gasteiger partial charge in [0.2, 0.25) is 0 Å². The zero-order valence-electron chi connectivity index (χ0n) is 7.24. The Bertz CT molecular complexity index is 373. The Balaban J connectivity index is 3.46. The Hall–Kier alpha value is -1.55. The summed E-state index contributed by atoms with van der Waals surface area (Å²) < 4.78 is 0. The van der Waals surface area contributed by atoms with Crippen LogP contribution in [0.2, 0.25) is 5.02 Å². The number of rotatable bonds is 2. The molecule has 0 aliphatic carbocycles. The molecule has 0 spiro atoms. The molecule has 0 saturated heterocycles.